The molecular weight excluding hydrogens is 544 g/mol. The van der Waals surface area contributed by atoms with Gasteiger partial charge in [0, 0.05) is 36.1 Å². The first-order valence-electron chi connectivity index (χ1n) is 15.0. The van der Waals surface area contributed by atoms with Crippen LogP contribution >= 0.6 is 0 Å². The third-order valence-electron chi connectivity index (χ3n) is 8.57. The minimum absolute atomic E-state index is 0.0661. The molecule has 2 N–H and O–H groups in total. The predicted molar refractivity (Wildman–Crippen MR) is 161 cm³/mol. The summed E-state index contributed by atoms with van der Waals surface area (Å²) in [6, 6.07) is 8.71. The van der Waals surface area contributed by atoms with Crippen molar-refractivity contribution >= 4 is 17.1 Å². The van der Waals surface area contributed by atoms with Gasteiger partial charge in [-0.05, 0) is 61.8 Å². The smallest absolute Gasteiger partial charge is 0.293 e. The minimum atomic E-state index is -0.322. The molecule has 0 bridgehead atoms. The molecule has 1 saturated heterocycles. The van der Waals surface area contributed by atoms with Crippen LogP contribution in [-0.4, -0.2) is 54.0 Å². The van der Waals surface area contributed by atoms with E-state index in [-0.39, 0.29) is 23.2 Å². The summed E-state index contributed by atoms with van der Waals surface area (Å²) in [6.07, 6.45) is 8.40. The van der Waals surface area contributed by atoms with Crippen molar-refractivity contribution in [1.82, 2.24) is 40.2 Å². The van der Waals surface area contributed by atoms with Gasteiger partial charge in [-0.1, -0.05) is 44.1 Å². The van der Waals surface area contributed by atoms with Gasteiger partial charge in [-0.15, -0.1) is 0 Å². The van der Waals surface area contributed by atoms with Crippen LogP contribution in [0.4, 0.5) is 0 Å². The molecule has 1 amide bonds. The number of nitrogens with one attached hydrogen (secondary N) is 2. The quantitative estimate of drug-likeness (QED) is 0.273. The number of hydrogen-bond acceptors (Lipinski definition) is 8. The summed E-state index contributed by atoms with van der Waals surface area (Å²) in [5.41, 5.74) is 7.76. The predicted octanol–water partition coefficient (Wildman–Crippen LogP) is 5.64. The monoisotopic (exact) mass is 580 g/mol. The van der Waals surface area contributed by atoms with E-state index in [1.54, 1.807) is 6.20 Å². The van der Waals surface area contributed by atoms with E-state index in [1.807, 2.05) is 33.0 Å². The van der Waals surface area contributed by atoms with Gasteiger partial charge in [0.25, 0.3) is 11.7 Å². The number of nitrogens with zero attached hydrogens (tertiary/aromatic N) is 6. The maximum atomic E-state index is 13.0. The zero-order valence-corrected chi connectivity index (χ0v) is 25.0. The molecule has 0 radical (unpaired) electrons. The second-order valence-corrected chi connectivity index (χ2v) is 12.6. The van der Waals surface area contributed by atoms with Crippen LogP contribution < -0.4 is 5.32 Å². The van der Waals surface area contributed by atoms with E-state index in [2.05, 4.69) is 55.2 Å². The molecule has 1 aliphatic carbocycles. The van der Waals surface area contributed by atoms with E-state index in [1.165, 1.54) is 5.56 Å². The second kappa shape index (κ2) is 10.7. The van der Waals surface area contributed by atoms with Crippen LogP contribution in [0, 0.1) is 6.92 Å². The lowest BCUT2D eigenvalue weighted by Crippen LogP contribution is -2.31. The number of pyridine rings is 1. The van der Waals surface area contributed by atoms with Crippen molar-refractivity contribution in [3.63, 3.8) is 0 Å². The molecule has 1 aromatic carbocycles. The lowest BCUT2D eigenvalue weighted by molar-refractivity contribution is 0.0657. The van der Waals surface area contributed by atoms with Gasteiger partial charge < -0.3 is 19.6 Å². The first-order valence-corrected chi connectivity index (χ1v) is 15.0. The highest BCUT2D eigenvalue weighted by molar-refractivity contribution is 5.92. The number of carbonyl (C=O) groups is 1. The number of carbonyl (C=O) groups excluding carboxylic acids is 1. The summed E-state index contributed by atoms with van der Waals surface area (Å²) in [4.78, 5) is 30.3. The lowest BCUT2D eigenvalue weighted by atomic mass is 9.85. The van der Waals surface area contributed by atoms with Gasteiger partial charge in [0.1, 0.15) is 5.82 Å². The highest BCUT2D eigenvalue weighted by Crippen LogP contribution is 2.36. The summed E-state index contributed by atoms with van der Waals surface area (Å²) in [7, 11) is 0. The van der Waals surface area contributed by atoms with Crippen molar-refractivity contribution in [2.75, 3.05) is 13.2 Å². The Morgan fingerprint density at radius 2 is 1.93 bits per heavy atom. The Hall–Kier alpha value is -4.38. The normalized spacial score (nSPS) is 17.7. The van der Waals surface area contributed by atoms with E-state index in [0.717, 1.165) is 84.6 Å². The number of benzene rings is 1. The van der Waals surface area contributed by atoms with Gasteiger partial charge in [0.2, 0.25) is 5.89 Å². The maximum absolute atomic E-state index is 13.0. The summed E-state index contributed by atoms with van der Waals surface area (Å²) < 4.78 is 13.0. The maximum Gasteiger partial charge on any atom is 0.293 e. The number of ether oxygens (including phenoxy) is 1. The first-order chi connectivity index (χ1) is 20.8. The van der Waals surface area contributed by atoms with Gasteiger partial charge in [0.05, 0.1) is 29.4 Å². The molecule has 43 heavy (non-hydrogen) atoms. The fourth-order valence-corrected chi connectivity index (χ4v) is 6.21. The van der Waals surface area contributed by atoms with Crippen LogP contribution in [0.15, 0.2) is 41.2 Å². The van der Waals surface area contributed by atoms with Crippen molar-refractivity contribution < 1.29 is 14.1 Å². The molecule has 2 aliphatic rings. The molecule has 0 saturated carbocycles. The van der Waals surface area contributed by atoms with Gasteiger partial charge in [-0.25, -0.2) is 9.97 Å². The van der Waals surface area contributed by atoms with E-state index in [9.17, 15) is 4.79 Å². The number of aromatic nitrogens is 7. The molecule has 0 unspecified atom stereocenters. The van der Waals surface area contributed by atoms with Gasteiger partial charge in [-0.3, -0.25) is 9.48 Å². The summed E-state index contributed by atoms with van der Waals surface area (Å²) in [6.45, 7) is 9.55. The molecule has 1 aliphatic heterocycles. The molecule has 0 spiro atoms. The number of amides is 1. The minimum Gasteiger partial charge on any atom is -0.381 e. The van der Waals surface area contributed by atoms with Crippen molar-refractivity contribution in [1.29, 1.82) is 0 Å². The topological polar surface area (TPSA) is 137 Å². The molecule has 222 valence electrons. The first kappa shape index (κ1) is 27.5. The highest BCUT2D eigenvalue weighted by atomic mass is 16.5. The average molecular weight is 581 g/mol. The van der Waals surface area contributed by atoms with Crippen LogP contribution in [0.5, 0.6) is 0 Å². The zero-order chi connectivity index (χ0) is 29.7. The largest absolute Gasteiger partial charge is 0.381 e. The number of imidazole rings is 1. The molecule has 11 nitrogen and oxygen atoms in total. The van der Waals surface area contributed by atoms with Crippen LogP contribution in [-0.2, 0) is 16.6 Å². The Kier molecular flexibility index (Phi) is 6.84. The van der Waals surface area contributed by atoms with Gasteiger partial charge in [0.15, 0.2) is 5.65 Å². The summed E-state index contributed by atoms with van der Waals surface area (Å²) >= 11 is 0. The van der Waals surface area contributed by atoms with Crippen molar-refractivity contribution in [2.45, 2.75) is 77.3 Å². The molecule has 1 fully saturated rings. The van der Waals surface area contributed by atoms with Crippen LogP contribution in [0.2, 0.25) is 0 Å². The lowest BCUT2D eigenvalue weighted by Gasteiger charge is -2.26. The number of hydrogen-bond donors (Lipinski definition) is 2. The Balaban J connectivity index is 1.16. The number of aryl methyl sites for hydroxylation is 1. The van der Waals surface area contributed by atoms with Crippen molar-refractivity contribution in [3.8, 4) is 22.5 Å². The number of H-pyrrole nitrogens is 1. The fourth-order valence-electron chi connectivity index (χ4n) is 6.21. The third-order valence-corrected chi connectivity index (χ3v) is 8.57. The molecule has 11 heteroatoms. The molecule has 5 aromatic rings. The van der Waals surface area contributed by atoms with E-state index >= 15 is 0 Å². The van der Waals surface area contributed by atoms with Crippen LogP contribution in [0.25, 0.3) is 33.7 Å². The Bertz CT molecular complexity index is 1800. The highest BCUT2D eigenvalue weighted by Gasteiger charge is 2.28. The van der Waals surface area contributed by atoms with Crippen LogP contribution in [0.1, 0.15) is 91.9 Å². The SMILES string of the molecule is Cc1c(-c2nc3nccc(-c4ccc5c(c4)CCC[C@H]5NC(=O)c4noc(C(C)(C)C)n4)c3[nH]2)cnn1C1CCOCC1. The van der Waals surface area contributed by atoms with Gasteiger partial charge >= 0.3 is 0 Å². The Labute approximate surface area is 249 Å². The molecule has 1 atom stereocenters. The molecule has 5 heterocycles. The van der Waals surface area contributed by atoms with E-state index in [0.29, 0.717) is 17.6 Å². The molecular formula is C32H36N8O3. The number of rotatable bonds is 5. The Morgan fingerprint density at radius 1 is 1.09 bits per heavy atom. The number of fused-ring (bicyclic) bond motifs is 2. The van der Waals surface area contributed by atoms with E-state index < -0.39 is 0 Å². The second-order valence-electron chi connectivity index (χ2n) is 12.6. The Morgan fingerprint density at radius 3 is 2.72 bits per heavy atom. The summed E-state index contributed by atoms with van der Waals surface area (Å²) in [5, 5.41) is 11.8. The van der Waals surface area contributed by atoms with Crippen LogP contribution in [0.3, 0.4) is 0 Å². The average Bonchev–Trinajstić information content (AvgIpc) is 3.75. The van der Waals surface area contributed by atoms with Crippen molar-refractivity contribution in [3.05, 3.63) is 65.2 Å². The molecule has 4 aromatic heterocycles. The zero-order valence-electron chi connectivity index (χ0n) is 25.0. The number of aromatic amines is 1. The van der Waals surface area contributed by atoms with Gasteiger partial charge in [-0.2, -0.15) is 10.1 Å². The van der Waals surface area contributed by atoms with Crippen molar-refractivity contribution in [2.24, 2.45) is 0 Å². The fraction of sp³-hybridized carbons (Fsp3) is 0.438. The molecule has 7 rings (SSSR count). The summed E-state index contributed by atoms with van der Waals surface area (Å²) in [5.74, 6) is 0.955. The standard InChI is InChI=1S/C32H36N8O3/c1-18-24(17-34-40(18)21-11-14-42-15-12-21)27-36-26-23(10-13-33-28(26)37-27)20-8-9-22-19(16-20)6-5-7-25(22)35-30(41)29-38-31(43-39-29)32(2,3)4/h8-10,13,16-17,21,25H,5-7,11-12,14-15H2,1-4H3,(H,35,41)(H,33,36,37)/t25-/m1/s1. The third kappa shape index (κ3) is 5.11. The van der Waals surface area contributed by atoms with E-state index in [4.69, 9.17) is 19.3 Å².